The fourth-order valence-corrected chi connectivity index (χ4v) is 3.39. The number of aromatic amines is 1. The standard InChI is InChI=1S/C15H7Cl5N4O2/c16-10-6(4-25)9(11(17)13(19)12(10)18)14(26)21-5-1-2-7-8(3-5)23-15(22-7)24-20/h1-4H,(H,21,26)(H2,22,23,24). The maximum absolute atomic E-state index is 12.7. The molecule has 0 unspecified atom stereocenters. The molecule has 0 bridgehead atoms. The fourth-order valence-electron chi connectivity index (χ4n) is 2.31. The minimum absolute atomic E-state index is 0.100. The molecule has 0 radical (unpaired) electrons. The Morgan fingerprint density at radius 2 is 1.77 bits per heavy atom. The lowest BCUT2D eigenvalue weighted by Gasteiger charge is -2.13. The average Bonchev–Trinajstić information content (AvgIpc) is 3.05. The van der Waals surface area contributed by atoms with Crippen LogP contribution in [0.3, 0.4) is 0 Å². The third kappa shape index (κ3) is 3.31. The van der Waals surface area contributed by atoms with Crippen molar-refractivity contribution >= 4 is 93.0 Å². The Morgan fingerprint density at radius 1 is 1.08 bits per heavy atom. The van der Waals surface area contributed by atoms with Crippen molar-refractivity contribution in [1.29, 1.82) is 0 Å². The topological polar surface area (TPSA) is 86.9 Å². The lowest BCUT2D eigenvalue weighted by atomic mass is 10.1. The number of imidazole rings is 1. The van der Waals surface area contributed by atoms with Crippen molar-refractivity contribution in [2.75, 3.05) is 10.2 Å². The van der Waals surface area contributed by atoms with Gasteiger partial charge in [0.25, 0.3) is 5.91 Å². The molecule has 11 heteroatoms. The second-order valence-electron chi connectivity index (χ2n) is 5.03. The Kier molecular flexibility index (Phi) is 5.50. The van der Waals surface area contributed by atoms with E-state index in [4.69, 9.17) is 58.2 Å². The smallest absolute Gasteiger partial charge is 0.258 e. The van der Waals surface area contributed by atoms with Crippen LogP contribution in [0.25, 0.3) is 11.0 Å². The number of hydrogen-bond acceptors (Lipinski definition) is 4. The number of rotatable bonds is 4. The maximum atomic E-state index is 12.7. The zero-order chi connectivity index (χ0) is 19.0. The molecule has 0 saturated heterocycles. The molecule has 3 aromatic rings. The quantitative estimate of drug-likeness (QED) is 0.202. The molecule has 1 amide bonds. The van der Waals surface area contributed by atoms with E-state index in [9.17, 15) is 9.59 Å². The lowest BCUT2D eigenvalue weighted by molar-refractivity contribution is 0.101. The van der Waals surface area contributed by atoms with E-state index in [0.29, 0.717) is 29.0 Å². The van der Waals surface area contributed by atoms with E-state index in [1.807, 2.05) is 0 Å². The molecule has 0 fully saturated rings. The number of benzene rings is 2. The summed E-state index contributed by atoms with van der Waals surface area (Å²) in [6.45, 7) is 0. The number of amides is 1. The number of carbonyl (C=O) groups excluding carboxylic acids is 2. The van der Waals surface area contributed by atoms with Gasteiger partial charge < -0.3 is 10.3 Å². The molecule has 6 nitrogen and oxygen atoms in total. The molecule has 134 valence electrons. The van der Waals surface area contributed by atoms with Crippen LogP contribution in [-0.2, 0) is 0 Å². The van der Waals surface area contributed by atoms with Gasteiger partial charge in [0.05, 0.1) is 36.7 Å². The first-order valence-electron chi connectivity index (χ1n) is 6.86. The van der Waals surface area contributed by atoms with Crippen LogP contribution in [0.5, 0.6) is 0 Å². The third-order valence-corrected chi connectivity index (χ3v) is 5.47. The number of fused-ring (bicyclic) bond motifs is 1. The molecule has 3 rings (SSSR count). The molecule has 2 aromatic carbocycles. The van der Waals surface area contributed by atoms with Gasteiger partial charge in [-0.25, -0.2) is 4.98 Å². The van der Waals surface area contributed by atoms with Crippen LogP contribution in [0, 0.1) is 0 Å². The average molecular weight is 453 g/mol. The summed E-state index contributed by atoms with van der Waals surface area (Å²) in [6, 6.07) is 4.92. The van der Waals surface area contributed by atoms with Gasteiger partial charge in [-0.05, 0) is 18.2 Å². The molecular weight excluding hydrogens is 445 g/mol. The van der Waals surface area contributed by atoms with Gasteiger partial charge in [0.1, 0.15) is 0 Å². The van der Waals surface area contributed by atoms with Gasteiger partial charge in [-0.3, -0.25) is 14.4 Å². The van der Waals surface area contributed by atoms with Crippen molar-refractivity contribution < 1.29 is 9.59 Å². The van der Waals surface area contributed by atoms with Crippen LogP contribution in [0.1, 0.15) is 20.7 Å². The molecule has 0 spiro atoms. The van der Waals surface area contributed by atoms with Crippen molar-refractivity contribution in [3.8, 4) is 0 Å². The summed E-state index contributed by atoms with van der Waals surface area (Å²) in [5.74, 6) is -0.320. The minimum Gasteiger partial charge on any atom is -0.323 e. The highest BCUT2D eigenvalue weighted by molar-refractivity contribution is 6.54. The van der Waals surface area contributed by atoms with E-state index in [1.54, 1.807) is 18.2 Å². The number of aldehydes is 1. The highest BCUT2D eigenvalue weighted by atomic mass is 35.5. The van der Waals surface area contributed by atoms with Crippen LogP contribution in [0.2, 0.25) is 20.1 Å². The Morgan fingerprint density at radius 3 is 2.42 bits per heavy atom. The zero-order valence-electron chi connectivity index (χ0n) is 12.5. The molecule has 0 saturated carbocycles. The first kappa shape index (κ1) is 19.1. The van der Waals surface area contributed by atoms with Crippen LogP contribution in [0.15, 0.2) is 18.2 Å². The third-order valence-electron chi connectivity index (χ3n) is 3.48. The van der Waals surface area contributed by atoms with Gasteiger partial charge >= 0.3 is 0 Å². The number of anilines is 2. The van der Waals surface area contributed by atoms with Crippen LogP contribution < -0.4 is 10.2 Å². The number of nitrogens with one attached hydrogen (secondary N) is 3. The summed E-state index contributed by atoms with van der Waals surface area (Å²) >= 11 is 29.5. The van der Waals surface area contributed by atoms with Crippen molar-refractivity contribution in [2.24, 2.45) is 0 Å². The first-order valence-corrected chi connectivity index (χ1v) is 8.75. The largest absolute Gasteiger partial charge is 0.323 e. The number of nitrogens with zero attached hydrogens (tertiary/aromatic N) is 1. The Labute approximate surface area is 171 Å². The van der Waals surface area contributed by atoms with E-state index in [1.165, 1.54) is 0 Å². The Bertz CT molecular complexity index is 1050. The van der Waals surface area contributed by atoms with Crippen LogP contribution >= 0.6 is 58.2 Å². The summed E-state index contributed by atoms with van der Waals surface area (Å²) < 4.78 is 0. The molecule has 0 aliphatic carbocycles. The Hall–Kier alpha value is -1.70. The van der Waals surface area contributed by atoms with E-state index >= 15 is 0 Å². The van der Waals surface area contributed by atoms with Crippen molar-refractivity contribution in [3.05, 3.63) is 49.4 Å². The summed E-state index contributed by atoms with van der Waals surface area (Å²) in [4.78, 5) is 33.5. The predicted molar refractivity (Wildman–Crippen MR) is 105 cm³/mol. The molecule has 3 N–H and O–H groups in total. The molecule has 0 aliphatic rings. The molecule has 0 atom stereocenters. The SMILES string of the molecule is O=Cc1c(Cl)c(Cl)c(Cl)c(Cl)c1C(=O)Nc1ccc2nc(NCl)[nH]c2c1. The monoisotopic (exact) mass is 450 g/mol. The number of carbonyl (C=O) groups is 2. The van der Waals surface area contributed by atoms with Gasteiger partial charge in [0.2, 0.25) is 5.95 Å². The normalized spacial score (nSPS) is 10.8. The van der Waals surface area contributed by atoms with Crippen molar-refractivity contribution in [1.82, 2.24) is 9.97 Å². The molecule has 1 heterocycles. The number of hydrogen-bond donors (Lipinski definition) is 3. The highest BCUT2D eigenvalue weighted by Gasteiger charge is 2.25. The number of halogens is 5. The van der Waals surface area contributed by atoms with E-state index in [2.05, 4.69) is 20.1 Å². The van der Waals surface area contributed by atoms with Crippen LogP contribution in [0.4, 0.5) is 11.6 Å². The van der Waals surface area contributed by atoms with Gasteiger partial charge in [0.15, 0.2) is 6.29 Å². The summed E-state index contributed by atoms with van der Waals surface area (Å²) in [5.41, 5.74) is 1.35. The summed E-state index contributed by atoms with van der Waals surface area (Å²) in [7, 11) is 0. The first-order chi connectivity index (χ1) is 12.4. The van der Waals surface area contributed by atoms with Gasteiger partial charge in [-0.2, -0.15) is 0 Å². The summed E-state index contributed by atoms with van der Waals surface area (Å²) in [6.07, 6.45) is 0.391. The molecule has 1 aromatic heterocycles. The zero-order valence-corrected chi connectivity index (χ0v) is 16.2. The van der Waals surface area contributed by atoms with E-state index in [0.717, 1.165) is 0 Å². The van der Waals surface area contributed by atoms with Gasteiger partial charge in [0, 0.05) is 23.0 Å². The molecule has 26 heavy (non-hydrogen) atoms. The van der Waals surface area contributed by atoms with E-state index in [-0.39, 0.29) is 31.2 Å². The van der Waals surface area contributed by atoms with Crippen molar-refractivity contribution in [2.45, 2.75) is 0 Å². The molecule has 0 aliphatic heterocycles. The summed E-state index contributed by atoms with van der Waals surface area (Å²) in [5, 5.41) is 2.09. The van der Waals surface area contributed by atoms with Gasteiger partial charge in [-0.1, -0.05) is 46.4 Å². The minimum atomic E-state index is -0.674. The van der Waals surface area contributed by atoms with Crippen LogP contribution in [-0.4, -0.2) is 22.2 Å². The number of aromatic nitrogens is 2. The molecular formula is C15H7Cl5N4O2. The van der Waals surface area contributed by atoms with E-state index < -0.39 is 5.91 Å². The number of H-pyrrole nitrogens is 1. The second-order valence-corrected chi connectivity index (χ2v) is 6.73. The fraction of sp³-hybridized carbons (Fsp3) is 0. The van der Waals surface area contributed by atoms with Crippen molar-refractivity contribution in [3.63, 3.8) is 0 Å². The Balaban J connectivity index is 2.01. The predicted octanol–water partition coefficient (Wildman–Crippen LogP) is 5.81. The second kappa shape index (κ2) is 7.50. The maximum Gasteiger partial charge on any atom is 0.258 e. The highest BCUT2D eigenvalue weighted by Crippen LogP contribution is 2.41. The lowest BCUT2D eigenvalue weighted by Crippen LogP contribution is -2.15. The van der Waals surface area contributed by atoms with Gasteiger partial charge in [-0.15, -0.1) is 0 Å².